The summed E-state index contributed by atoms with van der Waals surface area (Å²) in [4.78, 5) is 17.8. The molecule has 1 heterocycles. The van der Waals surface area contributed by atoms with Gasteiger partial charge in [0.25, 0.3) is 0 Å². The standard InChI is InChI=1S/C10H10N2O3/c1-5(13)9-11-7-4-2-3-6(10(14)15)8(7)12-9/h2-5,13H,1H3,(H,11,12)(H,14,15). The highest BCUT2D eigenvalue weighted by molar-refractivity contribution is 6.00. The van der Waals surface area contributed by atoms with Crippen LogP contribution in [0.1, 0.15) is 29.2 Å². The van der Waals surface area contributed by atoms with Crippen LogP contribution in [0.2, 0.25) is 0 Å². The summed E-state index contributed by atoms with van der Waals surface area (Å²) in [5.74, 6) is -0.650. The van der Waals surface area contributed by atoms with Gasteiger partial charge in [-0.05, 0) is 19.1 Å². The summed E-state index contributed by atoms with van der Waals surface area (Å²) < 4.78 is 0. The Morgan fingerprint density at radius 3 is 2.87 bits per heavy atom. The fraction of sp³-hybridized carbons (Fsp3) is 0.200. The van der Waals surface area contributed by atoms with E-state index >= 15 is 0 Å². The normalized spacial score (nSPS) is 12.9. The number of hydrogen-bond acceptors (Lipinski definition) is 3. The summed E-state index contributed by atoms with van der Waals surface area (Å²) in [6.45, 7) is 1.57. The van der Waals surface area contributed by atoms with E-state index in [0.717, 1.165) is 0 Å². The number of carboxylic acid groups (broad SMARTS) is 1. The first-order chi connectivity index (χ1) is 7.09. The second-order valence-corrected chi connectivity index (χ2v) is 3.30. The predicted octanol–water partition coefficient (Wildman–Crippen LogP) is 1.31. The van der Waals surface area contributed by atoms with Crippen LogP contribution in [0.25, 0.3) is 11.0 Å². The van der Waals surface area contributed by atoms with Crippen LogP contribution in [0.4, 0.5) is 0 Å². The predicted molar refractivity (Wildman–Crippen MR) is 53.7 cm³/mol. The maximum atomic E-state index is 10.9. The first kappa shape index (κ1) is 9.67. The van der Waals surface area contributed by atoms with Crippen molar-refractivity contribution in [1.82, 2.24) is 9.97 Å². The summed E-state index contributed by atoms with van der Waals surface area (Å²) >= 11 is 0. The molecule has 0 spiro atoms. The van der Waals surface area contributed by atoms with Gasteiger partial charge >= 0.3 is 5.97 Å². The Bertz CT molecular complexity index is 516. The number of nitrogens with one attached hydrogen (secondary N) is 1. The minimum Gasteiger partial charge on any atom is -0.478 e. The maximum absolute atomic E-state index is 10.9. The third-order valence-corrected chi connectivity index (χ3v) is 2.16. The maximum Gasteiger partial charge on any atom is 0.337 e. The molecule has 0 radical (unpaired) electrons. The van der Waals surface area contributed by atoms with Crippen LogP contribution >= 0.6 is 0 Å². The Morgan fingerprint density at radius 2 is 2.27 bits per heavy atom. The lowest BCUT2D eigenvalue weighted by atomic mass is 10.2. The zero-order chi connectivity index (χ0) is 11.0. The number of hydrogen-bond donors (Lipinski definition) is 3. The number of aliphatic hydroxyl groups excluding tert-OH is 1. The van der Waals surface area contributed by atoms with Gasteiger partial charge < -0.3 is 15.2 Å². The van der Waals surface area contributed by atoms with Gasteiger partial charge in [0.2, 0.25) is 0 Å². The number of benzene rings is 1. The third kappa shape index (κ3) is 1.57. The lowest BCUT2D eigenvalue weighted by molar-refractivity contribution is 0.0698. The van der Waals surface area contributed by atoms with Crippen LogP contribution in [-0.4, -0.2) is 26.2 Å². The van der Waals surface area contributed by atoms with Crippen molar-refractivity contribution < 1.29 is 15.0 Å². The molecule has 78 valence electrons. The second kappa shape index (κ2) is 3.36. The molecule has 0 saturated carbocycles. The highest BCUT2D eigenvalue weighted by Crippen LogP contribution is 2.19. The quantitative estimate of drug-likeness (QED) is 0.691. The molecule has 2 aromatic rings. The van der Waals surface area contributed by atoms with E-state index < -0.39 is 12.1 Å². The SMILES string of the molecule is CC(O)c1nc2c(C(=O)O)cccc2[nH]1. The number of aromatic nitrogens is 2. The largest absolute Gasteiger partial charge is 0.478 e. The number of para-hydroxylation sites is 1. The minimum atomic E-state index is -1.02. The first-order valence-electron chi connectivity index (χ1n) is 4.49. The topological polar surface area (TPSA) is 86.2 Å². The van der Waals surface area contributed by atoms with Gasteiger partial charge in [-0.2, -0.15) is 0 Å². The Labute approximate surface area is 85.4 Å². The molecule has 1 aromatic carbocycles. The van der Waals surface area contributed by atoms with Crippen molar-refractivity contribution in [2.75, 3.05) is 0 Å². The van der Waals surface area contributed by atoms with Crippen molar-refractivity contribution in [1.29, 1.82) is 0 Å². The molecule has 2 rings (SSSR count). The van der Waals surface area contributed by atoms with Gasteiger partial charge in [-0.3, -0.25) is 0 Å². The van der Waals surface area contributed by atoms with Crippen molar-refractivity contribution >= 4 is 17.0 Å². The van der Waals surface area contributed by atoms with Crippen molar-refractivity contribution in [2.45, 2.75) is 13.0 Å². The Balaban J connectivity index is 2.70. The molecule has 1 atom stereocenters. The van der Waals surface area contributed by atoms with Crippen molar-refractivity contribution in [3.05, 3.63) is 29.6 Å². The second-order valence-electron chi connectivity index (χ2n) is 3.30. The summed E-state index contributed by atoms with van der Waals surface area (Å²) in [6.07, 6.45) is -0.737. The zero-order valence-corrected chi connectivity index (χ0v) is 8.06. The number of aliphatic hydroxyl groups is 1. The summed E-state index contributed by atoms with van der Waals surface area (Å²) in [5, 5.41) is 18.2. The molecule has 0 amide bonds. The number of fused-ring (bicyclic) bond motifs is 1. The lowest BCUT2D eigenvalue weighted by Crippen LogP contribution is -1.97. The van der Waals surface area contributed by atoms with Gasteiger partial charge in [-0.1, -0.05) is 6.07 Å². The number of carboxylic acids is 1. The molecule has 5 nitrogen and oxygen atoms in total. The van der Waals surface area contributed by atoms with Crippen molar-refractivity contribution in [2.24, 2.45) is 0 Å². The van der Waals surface area contributed by atoms with E-state index in [9.17, 15) is 9.90 Å². The van der Waals surface area contributed by atoms with Crippen LogP contribution in [0.3, 0.4) is 0 Å². The van der Waals surface area contributed by atoms with E-state index in [4.69, 9.17) is 5.11 Å². The molecule has 3 N–H and O–H groups in total. The van der Waals surface area contributed by atoms with Gasteiger partial charge in [0.05, 0.1) is 11.1 Å². The molecule has 0 saturated heterocycles. The van der Waals surface area contributed by atoms with E-state index in [-0.39, 0.29) is 5.56 Å². The molecule has 15 heavy (non-hydrogen) atoms. The summed E-state index contributed by atoms with van der Waals surface area (Å²) in [5.41, 5.74) is 1.13. The molecular formula is C10H10N2O3. The summed E-state index contributed by atoms with van der Waals surface area (Å²) in [7, 11) is 0. The van der Waals surface area contributed by atoms with Crippen LogP contribution < -0.4 is 0 Å². The van der Waals surface area contributed by atoms with Gasteiger partial charge in [0.15, 0.2) is 0 Å². The van der Waals surface area contributed by atoms with Gasteiger partial charge in [-0.25, -0.2) is 9.78 Å². The van der Waals surface area contributed by atoms with E-state index in [0.29, 0.717) is 16.9 Å². The number of aromatic amines is 1. The molecule has 5 heteroatoms. The number of rotatable bonds is 2. The zero-order valence-electron chi connectivity index (χ0n) is 8.06. The highest BCUT2D eigenvalue weighted by Gasteiger charge is 2.13. The van der Waals surface area contributed by atoms with Gasteiger partial charge in [-0.15, -0.1) is 0 Å². The molecule has 0 bridgehead atoms. The molecule has 0 fully saturated rings. The minimum absolute atomic E-state index is 0.135. The number of H-pyrrole nitrogens is 1. The lowest BCUT2D eigenvalue weighted by Gasteiger charge is -1.95. The highest BCUT2D eigenvalue weighted by atomic mass is 16.4. The molecule has 1 unspecified atom stereocenters. The smallest absolute Gasteiger partial charge is 0.337 e. The average Bonchev–Trinajstić information content (AvgIpc) is 2.60. The summed E-state index contributed by atoms with van der Waals surface area (Å²) in [6, 6.07) is 4.84. The first-order valence-corrected chi connectivity index (χ1v) is 4.49. The van der Waals surface area contributed by atoms with Gasteiger partial charge in [0.1, 0.15) is 17.4 Å². The van der Waals surface area contributed by atoms with Crippen molar-refractivity contribution in [3.8, 4) is 0 Å². The van der Waals surface area contributed by atoms with E-state index in [1.54, 1.807) is 19.1 Å². The number of imidazole rings is 1. The Morgan fingerprint density at radius 1 is 1.53 bits per heavy atom. The van der Waals surface area contributed by atoms with E-state index in [1.807, 2.05) is 0 Å². The molecule has 0 aliphatic rings. The molecule has 1 aromatic heterocycles. The molecule has 0 aliphatic heterocycles. The number of aromatic carboxylic acids is 1. The van der Waals surface area contributed by atoms with E-state index in [1.165, 1.54) is 6.07 Å². The molecule has 0 aliphatic carbocycles. The van der Waals surface area contributed by atoms with Crippen molar-refractivity contribution in [3.63, 3.8) is 0 Å². The monoisotopic (exact) mass is 206 g/mol. The van der Waals surface area contributed by atoms with E-state index in [2.05, 4.69) is 9.97 Å². The van der Waals surface area contributed by atoms with Crippen LogP contribution in [0, 0.1) is 0 Å². The van der Waals surface area contributed by atoms with Crippen LogP contribution in [0.15, 0.2) is 18.2 Å². The van der Waals surface area contributed by atoms with Crippen LogP contribution in [0.5, 0.6) is 0 Å². The fourth-order valence-corrected chi connectivity index (χ4v) is 1.42. The number of nitrogens with zero attached hydrogens (tertiary/aromatic N) is 1. The molecular weight excluding hydrogens is 196 g/mol. The average molecular weight is 206 g/mol. The number of carbonyl (C=O) groups is 1. The Hall–Kier alpha value is -1.88. The third-order valence-electron chi connectivity index (χ3n) is 2.16. The van der Waals surface area contributed by atoms with Gasteiger partial charge in [0, 0.05) is 0 Å². The fourth-order valence-electron chi connectivity index (χ4n) is 1.42. The van der Waals surface area contributed by atoms with Crippen LogP contribution in [-0.2, 0) is 0 Å². The Kier molecular flexibility index (Phi) is 2.17.